The van der Waals surface area contributed by atoms with Gasteiger partial charge >= 0.3 is 5.97 Å². The minimum Gasteiger partial charge on any atom is -0.481 e. The molecule has 1 heterocycles. The van der Waals surface area contributed by atoms with Gasteiger partial charge < -0.3 is 9.67 Å². The fourth-order valence-corrected chi connectivity index (χ4v) is 2.25. The lowest BCUT2D eigenvalue weighted by molar-refractivity contribution is -0.136. The van der Waals surface area contributed by atoms with E-state index in [0.29, 0.717) is 6.42 Å². The molecule has 1 aromatic carbocycles. The Morgan fingerprint density at radius 1 is 1.37 bits per heavy atom. The van der Waals surface area contributed by atoms with E-state index in [9.17, 15) is 4.79 Å². The van der Waals surface area contributed by atoms with Crippen LogP contribution in [0.1, 0.15) is 25.3 Å². The molecule has 98 valence electrons. The Kier molecular flexibility index (Phi) is 4.25. The quantitative estimate of drug-likeness (QED) is 0.834. The average molecular weight is 255 g/mol. The molecule has 0 aliphatic rings. The zero-order chi connectivity index (χ0) is 13.7. The Hall–Kier alpha value is -2.21. The zero-order valence-electron chi connectivity index (χ0n) is 11.0. The highest BCUT2D eigenvalue weighted by molar-refractivity contribution is 5.84. The van der Waals surface area contributed by atoms with Gasteiger partial charge in [0.05, 0.1) is 0 Å². The summed E-state index contributed by atoms with van der Waals surface area (Å²) in [5.41, 5.74) is 2.25. The number of carboxylic acid groups (broad SMARTS) is 1. The Morgan fingerprint density at radius 3 is 2.89 bits per heavy atom. The molecular weight excluding hydrogens is 238 g/mol. The van der Waals surface area contributed by atoms with Crippen LogP contribution in [0, 0.1) is 11.8 Å². The fraction of sp³-hybridized carbons (Fsp3) is 0.312. The number of carboxylic acids is 1. The number of fused-ring (bicyclic) bond motifs is 1. The molecule has 0 radical (unpaired) electrons. The number of aromatic nitrogens is 1. The van der Waals surface area contributed by atoms with Crippen LogP contribution in [0.5, 0.6) is 0 Å². The van der Waals surface area contributed by atoms with Crippen LogP contribution in [0.4, 0.5) is 0 Å². The molecule has 0 bridgehead atoms. The molecule has 0 saturated heterocycles. The largest absolute Gasteiger partial charge is 0.481 e. The van der Waals surface area contributed by atoms with Crippen molar-refractivity contribution < 1.29 is 9.90 Å². The second-order valence-electron chi connectivity index (χ2n) is 4.44. The summed E-state index contributed by atoms with van der Waals surface area (Å²) < 4.78 is 2.16. The van der Waals surface area contributed by atoms with Crippen molar-refractivity contribution in [3.63, 3.8) is 0 Å². The number of aliphatic carboxylic acids is 1. The first-order valence-electron chi connectivity index (χ1n) is 6.40. The highest BCUT2D eigenvalue weighted by atomic mass is 16.4. The SMILES string of the molecule is CC#CCCn1cc(CCC(=O)O)c2ccccc21. The van der Waals surface area contributed by atoms with Gasteiger partial charge in [-0.15, -0.1) is 11.8 Å². The third kappa shape index (κ3) is 3.17. The minimum absolute atomic E-state index is 0.169. The maximum absolute atomic E-state index is 10.7. The number of nitrogens with zero attached hydrogens (tertiary/aromatic N) is 1. The summed E-state index contributed by atoms with van der Waals surface area (Å²) in [6.45, 7) is 2.68. The molecule has 0 aliphatic heterocycles. The van der Waals surface area contributed by atoms with Gasteiger partial charge in [0.25, 0.3) is 0 Å². The van der Waals surface area contributed by atoms with E-state index in [1.807, 2.05) is 19.1 Å². The van der Waals surface area contributed by atoms with Crippen LogP contribution in [0.15, 0.2) is 30.5 Å². The van der Waals surface area contributed by atoms with E-state index in [1.165, 1.54) is 0 Å². The van der Waals surface area contributed by atoms with E-state index in [2.05, 4.69) is 34.7 Å². The topological polar surface area (TPSA) is 42.2 Å². The highest BCUT2D eigenvalue weighted by Crippen LogP contribution is 2.22. The molecule has 0 unspecified atom stereocenters. The Morgan fingerprint density at radius 2 is 2.16 bits per heavy atom. The lowest BCUT2D eigenvalue weighted by atomic mass is 10.1. The van der Waals surface area contributed by atoms with Crippen LogP contribution in [0.3, 0.4) is 0 Å². The summed E-state index contributed by atoms with van der Waals surface area (Å²) in [5.74, 6) is 5.19. The lowest BCUT2D eigenvalue weighted by Crippen LogP contribution is -1.97. The van der Waals surface area contributed by atoms with Crippen molar-refractivity contribution in [3.8, 4) is 11.8 Å². The number of hydrogen-bond donors (Lipinski definition) is 1. The monoisotopic (exact) mass is 255 g/mol. The molecule has 2 rings (SSSR count). The smallest absolute Gasteiger partial charge is 0.303 e. The predicted octanol–water partition coefficient (Wildman–Crippen LogP) is 3.07. The molecule has 2 aromatic rings. The summed E-state index contributed by atoms with van der Waals surface area (Å²) in [7, 11) is 0. The van der Waals surface area contributed by atoms with Gasteiger partial charge in [-0.1, -0.05) is 18.2 Å². The number of hydrogen-bond acceptors (Lipinski definition) is 1. The van der Waals surface area contributed by atoms with Crippen LogP contribution in [-0.4, -0.2) is 15.6 Å². The molecular formula is C16H17NO2. The third-order valence-corrected chi connectivity index (χ3v) is 3.13. The van der Waals surface area contributed by atoms with E-state index in [-0.39, 0.29) is 6.42 Å². The van der Waals surface area contributed by atoms with Crippen molar-refractivity contribution in [1.82, 2.24) is 4.57 Å². The first kappa shape index (κ1) is 13.2. The van der Waals surface area contributed by atoms with Crippen molar-refractivity contribution in [1.29, 1.82) is 0 Å². The highest BCUT2D eigenvalue weighted by Gasteiger charge is 2.08. The van der Waals surface area contributed by atoms with Crippen LogP contribution >= 0.6 is 0 Å². The summed E-state index contributed by atoms with van der Waals surface area (Å²) in [6, 6.07) is 8.11. The molecule has 19 heavy (non-hydrogen) atoms. The van der Waals surface area contributed by atoms with E-state index in [1.54, 1.807) is 0 Å². The predicted molar refractivity (Wildman–Crippen MR) is 76.0 cm³/mol. The molecule has 0 saturated carbocycles. The number of carbonyl (C=O) groups is 1. The van der Waals surface area contributed by atoms with Gasteiger partial charge in [-0.2, -0.15) is 0 Å². The van der Waals surface area contributed by atoms with Crippen LogP contribution in [0.2, 0.25) is 0 Å². The number of rotatable bonds is 5. The molecule has 0 amide bonds. The second kappa shape index (κ2) is 6.10. The molecule has 0 aliphatic carbocycles. The number of aryl methyl sites for hydroxylation is 2. The Balaban J connectivity index is 2.30. The van der Waals surface area contributed by atoms with Crippen molar-refractivity contribution in [3.05, 3.63) is 36.0 Å². The first-order chi connectivity index (χ1) is 9.22. The minimum atomic E-state index is -0.756. The van der Waals surface area contributed by atoms with Gasteiger partial charge in [0.15, 0.2) is 0 Å². The maximum Gasteiger partial charge on any atom is 0.303 e. The number of para-hydroxylation sites is 1. The number of benzene rings is 1. The van der Waals surface area contributed by atoms with Gasteiger partial charge in [-0.25, -0.2) is 0 Å². The van der Waals surface area contributed by atoms with Gasteiger partial charge in [-0.05, 0) is 25.0 Å². The van der Waals surface area contributed by atoms with E-state index >= 15 is 0 Å². The van der Waals surface area contributed by atoms with Crippen LogP contribution in [-0.2, 0) is 17.8 Å². The van der Waals surface area contributed by atoms with Crippen LogP contribution < -0.4 is 0 Å². The molecule has 0 fully saturated rings. The van der Waals surface area contributed by atoms with Gasteiger partial charge in [-0.3, -0.25) is 4.79 Å². The normalized spacial score (nSPS) is 10.2. The molecule has 1 aromatic heterocycles. The van der Waals surface area contributed by atoms with Crippen molar-refractivity contribution in [2.75, 3.05) is 0 Å². The Bertz CT molecular complexity index is 644. The maximum atomic E-state index is 10.7. The zero-order valence-corrected chi connectivity index (χ0v) is 11.0. The molecule has 3 heteroatoms. The average Bonchev–Trinajstić information content (AvgIpc) is 2.76. The molecule has 1 N–H and O–H groups in total. The van der Waals surface area contributed by atoms with E-state index in [0.717, 1.165) is 29.4 Å². The lowest BCUT2D eigenvalue weighted by Gasteiger charge is -2.01. The molecule has 0 atom stereocenters. The Labute approximate surface area is 112 Å². The summed E-state index contributed by atoms with van der Waals surface area (Å²) in [4.78, 5) is 10.7. The summed E-state index contributed by atoms with van der Waals surface area (Å²) >= 11 is 0. The molecule has 3 nitrogen and oxygen atoms in total. The van der Waals surface area contributed by atoms with Gasteiger partial charge in [0.2, 0.25) is 0 Å². The second-order valence-corrected chi connectivity index (χ2v) is 4.44. The van der Waals surface area contributed by atoms with E-state index in [4.69, 9.17) is 5.11 Å². The van der Waals surface area contributed by atoms with Crippen LogP contribution in [0.25, 0.3) is 10.9 Å². The van der Waals surface area contributed by atoms with E-state index < -0.39 is 5.97 Å². The van der Waals surface area contributed by atoms with Crippen molar-refractivity contribution >= 4 is 16.9 Å². The van der Waals surface area contributed by atoms with Crippen molar-refractivity contribution in [2.45, 2.75) is 32.7 Å². The first-order valence-corrected chi connectivity index (χ1v) is 6.40. The summed E-state index contributed by atoms with van der Waals surface area (Å²) in [5, 5.41) is 9.95. The fourth-order valence-electron chi connectivity index (χ4n) is 2.25. The third-order valence-electron chi connectivity index (χ3n) is 3.13. The summed E-state index contributed by atoms with van der Waals surface area (Å²) in [6.07, 6.45) is 3.61. The van der Waals surface area contributed by atoms with Crippen molar-refractivity contribution in [2.24, 2.45) is 0 Å². The van der Waals surface area contributed by atoms with Gasteiger partial charge in [0, 0.05) is 36.5 Å². The molecule has 0 spiro atoms. The standard InChI is InChI=1S/C16H17NO2/c1-2-3-6-11-17-12-13(9-10-16(18)19)14-7-4-5-8-15(14)17/h4-5,7-8,12H,6,9-11H2,1H3,(H,18,19). The van der Waals surface area contributed by atoms with Gasteiger partial charge in [0.1, 0.15) is 0 Å².